The van der Waals surface area contributed by atoms with Crippen LogP contribution in [0.5, 0.6) is 0 Å². The van der Waals surface area contributed by atoms with Gasteiger partial charge in [0.25, 0.3) is 0 Å². The summed E-state index contributed by atoms with van der Waals surface area (Å²) in [6.07, 6.45) is 12.2. The van der Waals surface area contributed by atoms with Gasteiger partial charge in [-0.2, -0.15) is 0 Å². The van der Waals surface area contributed by atoms with Crippen LogP contribution in [0.4, 0.5) is 0 Å². The van der Waals surface area contributed by atoms with Crippen LogP contribution in [0, 0.1) is 5.92 Å². The van der Waals surface area contributed by atoms with Gasteiger partial charge in [-0.25, -0.2) is 0 Å². The fourth-order valence-electron chi connectivity index (χ4n) is 4.14. The molecule has 2 saturated carbocycles. The minimum absolute atomic E-state index is 0.273. The molecule has 1 heteroatoms. The minimum atomic E-state index is 0.273. The standard InChI is InChI=1S/C18H27N/c19-17(14-15-8-7-9-15)18(12-5-2-6-13-18)16-10-3-1-4-11-16/h1,3-4,10-11,15,17H,2,5-9,12-14,19H2. The van der Waals surface area contributed by atoms with Crippen molar-refractivity contribution in [2.24, 2.45) is 11.7 Å². The molecule has 1 aromatic carbocycles. The summed E-state index contributed by atoms with van der Waals surface area (Å²) in [6, 6.07) is 11.5. The van der Waals surface area contributed by atoms with E-state index >= 15 is 0 Å². The van der Waals surface area contributed by atoms with Crippen molar-refractivity contribution in [3.63, 3.8) is 0 Å². The largest absolute Gasteiger partial charge is 0.327 e. The molecule has 1 unspecified atom stereocenters. The van der Waals surface area contributed by atoms with Crippen LogP contribution in [-0.2, 0) is 5.41 Å². The molecule has 19 heavy (non-hydrogen) atoms. The fraction of sp³-hybridized carbons (Fsp3) is 0.667. The van der Waals surface area contributed by atoms with Gasteiger partial charge in [-0.05, 0) is 30.7 Å². The van der Waals surface area contributed by atoms with Gasteiger partial charge in [0.2, 0.25) is 0 Å². The Morgan fingerprint density at radius 1 is 1.00 bits per heavy atom. The predicted molar refractivity (Wildman–Crippen MR) is 81.1 cm³/mol. The molecule has 0 aliphatic heterocycles. The van der Waals surface area contributed by atoms with Crippen molar-refractivity contribution in [1.82, 2.24) is 0 Å². The Balaban J connectivity index is 1.82. The number of hydrogen-bond acceptors (Lipinski definition) is 1. The average Bonchev–Trinajstić information content (AvgIpc) is 2.44. The summed E-state index contributed by atoms with van der Waals surface area (Å²) in [6.45, 7) is 0. The molecule has 0 aromatic heterocycles. The Labute approximate surface area is 117 Å². The maximum Gasteiger partial charge on any atom is 0.0139 e. The molecular formula is C18H27N. The number of benzene rings is 1. The van der Waals surface area contributed by atoms with Crippen molar-refractivity contribution < 1.29 is 0 Å². The van der Waals surface area contributed by atoms with Gasteiger partial charge in [0.05, 0.1) is 0 Å². The van der Waals surface area contributed by atoms with E-state index in [2.05, 4.69) is 30.3 Å². The van der Waals surface area contributed by atoms with Gasteiger partial charge in [0.15, 0.2) is 0 Å². The average molecular weight is 257 g/mol. The number of hydrogen-bond donors (Lipinski definition) is 1. The van der Waals surface area contributed by atoms with E-state index in [1.165, 1.54) is 63.4 Å². The quantitative estimate of drug-likeness (QED) is 0.849. The first-order valence-electron chi connectivity index (χ1n) is 8.12. The molecule has 0 bridgehead atoms. The summed E-state index contributed by atoms with van der Waals surface area (Å²) >= 11 is 0. The molecule has 0 saturated heterocycles. The molecule has 104 valence electrons. The van der Waals surface area contributed by atoms with Gasteiger partial charge >= 0.3 is 0 Å². The normalized spacial score (nSPS) is 24.7. The number of nitrogens with two attached hydrogens (primary N) is 1. The molecule has 1 nitrogen and oxygen atoms in total. The first kappa shape index (κ1) is 13.2. The summed E-state index contributed by atoms with van der Waals surface area (Å²) in [5.74, 6) is 0.914. The van der Waals surface area contributed by atoms with Crippen molar-refractivity contribution >= 4 is 0 Å². The summed E-state index contributed by atoms with van der Waals surface area (Å²) in [5, 5.41) is 0. The van der Waals surface area contributed by atoms with Gasteiger partial charge in [0, 0.05) is 11.5 Å². The van der Waals surface area contributed by atoms with Crippen LogP contribution in [0.1, 0.15) is 63.4 Å². The van der Waals surface area contributed by atoms with E-state index in [1.54, 1.807) is 0 Å². The second-order valence-electron chi connectivity index (χ2n) is 6.72. The smallest absolute Gasteiger partial charge is 0.0139 e. The first-order valence-corrected chi connectivity index (χ1v) is 8.12. The van der Waals surface area contributed by atoms with E-state index in [1.807, 2.05) is 0 Å². The molecule has 3 rings (SSSR count). The van der Waals surface area contributed by atoms with Gasteiger partial charge < -0.3 is 5.73 Å². The molecule has 0 amide bonds. The minimum Gasteiger partial charge on any atom is -0.327 e. The molecular weight excluding hydrogens is 230 g/mol. The Bertz CT molecular complexity index is 387. The highest BCUT2D eigenvalue weighted by molar-refractivity contribution is 5.28. The van der Waals surface area contributed by atoms with Crippen LogP contribution in [0.15, 0.2) is 30.3 Å². The highest BCUT2D eigenvalue weighted by atomic mass is 14.7. The topological polar surface area (TPSA) is 26.0 Å². The lowest BCUT2D eigenvalue weighted by Gasteiger charge is -2.45. The zero-order chi connectivity index (χ0) is 13.1. The molecule has 1 atom stereocenters. The van der Waals surface area contributed by atoms with Crippen LogP contribution in [0.3, 0.4) is 0 Å². The van der Waals surface area contributed by atoms with Crippen LogP contribution < -0.4 is 5.73 Å². The summed E-state index contributed by atoms with van der Waals surface area (Å²) in [7, 11) is 0. The Morgan fingerprint density at radius 2 is 1.68 bits per heavy atom. The molecule has 0 heterocycles. The molecule has 1 aromatic rings. The zero-order valence-corrected chi connectivity index (χ0v) is 12.0. The maximum absolute atomic E-state index is 6.73. The van der Waals surface area contributed by atoms with Crippen molar-refractivity contribution in [1.29, 1.82) is 0 Å². The SMILES string of the molecule is NC(CC1CCC1)C1(c2ccccc2)CCCCC1. The van der Waals surface area contributed by atoms with E-state index in [9.17, 15) is 0 Å². The molecule has 2 aliphatic rings. The van der Waals surface area contributed by atoms with Crippen LogP contribution in [-0.4, -0.2) is 6.04 Å². The molecule has 0 spiro atoms. The molecule has 2 aliphatic carbocycles. The summed E-state index contributed by atoms with van der Waals surface area (Å²) in [5.41, 5.74) is 8.50. The zero-order valence-electron chi connectivity index (χ0n) is 12.0. The third kappa shape index (κ3) is 2.58. The van der Waals surface area contributed by atoms with E-state index in [0.29, 0.717) is 6.04 Å². The lowest BCUT2D eigenvalue weighted by Crippen LogP contribution is -2.48. The number of rotatable bonds is 4. The monoisotopic (exact) mass is 257 g/mol. The van der Waals surface area contributed by atoms with Crippen LogP contribution in [0.2, 0.25) is 0 Å². The van der Waals surface area contributed by atoms with Crippen molar-refractivity contribution in [3.8, 4) is 0 Å². The van der Waals surface area contributed by atoms with Gasteiger partial charge in [-0.1, -0.05) is 68.9 Å². The second kappa shape index (κ2) is 5.66. The molecule has 2 fully saturated rings. The second-order valence-corrected chi connectivity index (χ2v) is 6.72. The summed E-state index contributed by atoms with van der Waals surface area (Å²) < 4.78 is 0. The van der Waals surface area contributed by atoms with E-state index in [4.69, 9.17) is 5.73 Å². The Hall–Kier alpha value is -0.820. The predicted octanol–water partition coefficient (Wildman–Crippen LogP) is 4.41. The maximum atomic E-state index is 6.73. The highest BCUT2D eigenvalue weighted by Gasteiger charge is 2.40. The van der Waals surface area contributed by atoms with Crippen molar-refractivity contribution in [2.75, 3.05) is 0 Å². The molecule has 0 radical (unpaired) electrons. The van der Waals surface area contributed by atoms with Gasteiger partial charge in [-0.3, -0.25) is 0 Å². The van der Waals surface area contributed by atoms with Crippen molar-refractivity contribution in [2.45, 2.75) is 69.2 Å². The Kier molecular flexibility index (Phi) is 3.93. The van der Waals surface area contributed by atoms with Gasteiger partial charge in [0.1, 0.15) is 0 Å². The van der Waals surface area contributed by atoms with Gasteiger partial charge in [-0.15, -0.1) is 0 Å². The van der Waals surface area contributed by atoms with Crippen molar-refractivity contribution in [3.05, 3.63) is 35.9 Å². The first-order chi connectivity index (χ1) is 9.31. The van der Waals surface area contributed by atoms with Crippen LogP contribution in [0.25, 0.3) is 0 Å². The lowest BCUT2D eigenvalue weighted by atomic mass is 9.62. The van der Waals surface area contributed by atoms with E-state index in [-0.39, 0.29) is 5.41 Å². The molecule has 2 N–H and O–H groups in total. The third-order valence-corrected chi connectivity index (χ3v) is 5.62. The Morgan fingerprint density at radius 3 is 2.26 bits per heavy atom. The fourth-order valence-corrected chi connectivity index (χ4v) is 4.14. The van der Waals surface area contributed by atoms with E-state index < -0.39 is 0 Å². The highest BCUT2D eigenvalue weighted by Crippen LogP contribution is 2.44. The lowest BCUT2D eigenvalue weighted by molar-refractivity contribution is 0.185. The summed E-state index contributed by atoms with van der Waals surface area (Å²) in [4.78, 5) is 0. The third-order valence-electron chi connectivity index (χ3n) is 5.62. The van der Waals surface area contributed by atoms with Crippen LogP contribution >= 0.6 is 0 Å². The van der Waals surface area contributed by atoms with E-state index in [0.717, 1.165) is 5.92 Å².